The molecule has 0 unspecified atom stereocenters. The fourth-order valence-corrected chi connectivity index (χ4v) is 2.44. The summed E-state index contributed by atoms with van der Waals surface area (Å²) >= 11 is 1.78. The second-order valence-corrected chi connectivity index (χ2v) is 4.77. The van der Waals surface area contributed by atoms with Crippen molar-refractivity contribution in [2.75, 3.05) is 14.2 Å². The Labute approximate surface area is 127 Å². The Hall–Kier alpha value is -1.48. The first-order valence-corrected chi connectivity index (χ1v) is 7.85. The summed E-state index contributed by atoms with van der Waals surface area (Å²) in [5.41, 5.74) is 1.16. The quantitative estimate of drug-likeness (QED) is 0.713. The van der Waals surface area contributed by atoms with Gasteiger partial charge < -0.3 is 9.47 Å². The molecule has 0 N–H and O–H groups in total. The Bertz CT molecular complexity index is 489. The lowest BCUT2D eigenvalue weighted by Crippen LogP contribution is -1.90. The van der Waals surface area contributed by atoms with Crippen molar-refractivity contribution in [2.24, 2.45) is 0 Å². The van der Waals surface area contributed by atoms with Crippen molar-refractivity contribution in [3.8, 4) is 21.9 Å². The molecule has 1 aromatic heterocycles. The molecule has 0 bridgehead atoms. The zero-order chi connectivity index (χ0) is 15.5. The molecule has 20 heavy (non-hydrogen) atoms. The number of rotatable bonds is 3. The first kappa shape index (κ1) is 18.5. The standard InChI is InChI=1S/C13H14O2S.2C2H6/c1-9-4-7-13(16-9)10-5-6-11(14-2)12(8-10)15-3;2*1-2/h4-8H,1-3H3;2*1-2H3. The summed E-state index contributed by atoms with van der Waals surface area (Å²) in [5.74, 6) is 1.53. The van der Waals surface area contributed by atoms with Crippen LogP contribution in [0.4, 0.5) is 0 Å². The van der Waals surface area contributed by atoms with Gasteiger partial charge in [-0.2, -0.15) is 0 Å². The molecule has 0 fully saturated rings. The maximum Gasteiger partial charge on any atom is 0.161 e. The van der Waals surface area contributed by atoms with E-state index in [2.05, 4.69) is 19.1 Å². The molecule has 2 rings (SSSR count). The van der Waals surface area contributed by atoms with Gasteiger partial charge in [-0.3, -0.25) is 0 Å². The molecule has 0 aliphatic rings. The van der Waals surface area contributed by atoms with Gasteiger partial charge in [0.05, 0.1) is 14.2 Å². The van der Waals surface area contributed by atoms with E-state index in [1.165, 1.54) is 9.75 Å². The zero-order valence-electron chi connectivity index (χ0n) is 13.6. The number of methoxy groups -OCH3 is 2. The molecule has 0 saturated carbocycles. The van der Waals surface area contributed by atoms with Gasteiger partial charge in [-0.1, -0.05) is 27.7 Å². The fourth-order valence-electron chi connectivity index (χ4n) is 1.58. The number of hydrogen-bond donors (Lipinski definition) is 0. The van der Waals surface area contributed by atoms with Crippen molar-refractivity contribution in [1.29, 1.82) is 0 Å². The summed E-state index contributed by atoms with van der Waals surface area (Å²) < 4.78 is 10.5. The predicted molar refractivity (Wildman–Crippen MR) is 90.3 cm³/mol. The molecular formula is C17H26O2S. The van der Waals surface area contributed by atoms with Crippen LogP contribution in [0.2, 0.25) is 0 Å². The third-order valence-corrected chi connectivity index (χ3v) is 3.46. The summed E-state index contributed by atoms with van der Waals surface area (Å²) in [6.45, 7) is 10.1. The lowest BCUT2D eigenvalue weighted by Gasteiger charge is -2.08. The van der Waals surface area contributed by atoms with E-state index in [0.717, 1.165) is 17.1 Å². The van der Waals surface area contributed by atoms with Crippen molar-refractivity contribution in [2.45, 2.75) is 34.6 Å². The maximum absolute atomic E-state index is 5.28. The number of aryl methyl sites for hydroxylation is 1. The summed E-state index contributed by atoms with van der Waals surface area (Å²) in [5, 5.41) is 0. The van der Waals surface area contributed by atoms with Crippen LogP contribution >= 0.6 is 11.3 Å². The van der Waals surface area contributed by atoms with Gasteiger partial charge in [0.2, 0.25) is 0 Å². The maximum atomic E-state index is 5.28. The minimum absolute atomic E-state index is 0.763. The van der Waals surface area contributed by atoms with Crippen LogP contribution in [0.25, 0.3) is 10.4 Å². The van der Waals surface area contributed by atoms with Crippen LogP contribution in [0.1, 0.15) is 32.6 Å². The Morgan fingerprint density at radius 2 is 1.40 bits per heavy atom. The molecule has 0 aliphatic heterocycles. The van der Waals surface area contributed by atoms with E-state index in [0.29, 0.717) is 0 Å². The third kappa shape index (κ3) is 4.89. The minimum Gasteiger partial charge on any atom is -0.493 e. The molecule has 3 heteroatoms. The first-order valence-electron chi connectivity index (χ1n) is 7.03. The van der Waals surface area contributed by atoms with Crippen LogP contribution in [0, 0.1) is 6.92 Å². The molecule has 0 amide bonds. The van der Waals surface area contributed by atoms with Gasteiger partial charge in [-0.05, 0) is 42.8 Å². The van der Waals surface area contributed by atoms with E-state index in [4.69, 9.17) is 9.47 Å². The normalized spacial score (nSPS) is 8.75. The first-order chi connectivity index (χ1) is 9.74. The molecule has 0 saturated heterocycles. The lowest BCUT2D eigenvalue weighted by molar-refractivity contribution is 0.355. The van der Waals surface area contributed by atoms with Crippen molar-refractivity contribution in [3.05, 3.63) is 35.2 Å². The molecule has 1 aromatic carbocycles. The Morgan fingerprint density at radius 1 is 0.800 bits per heavy atom. The van der Waals surface area contributed by atoms with Gasteiger partial charge in [0.15, 0.2) is 11.5 Å². The fraction of sp³-hybridized carbons (Fsp3) is 0.412. The number of hydrogen-bond acceptors (Lipinski definition) is 3. The van der Waals surface area contributed by atoms with Crippen molar-refractivity contribution in [3.63, 3.8) is 0 Å². The van der Waals surface area contributed by atoms with Crippen molar-refractivity contribution >= 4 is 11.3 Å². The molecule has 0 spiro atoms. The molecule has 2 aromatic rings. The van der Waals surface area contributed by atoms with Gasteiger partial charge in [0.25, 0.3) is 0 Å². The lowest BCUT2D eigenvalue weighted by atomic mass is 10.1. The van der Waals surface area contributed by atoms with Gasteiger partial charge in [-0.15, -0.1) is 11.3 Å². The number of benzene rings is 1. The highest BCUT2D eigenvalue weighted by Crippen LogP contribution is 2.34. The topological polar surface area (TPSA) is 18.5 Å². The zero-order valence-corrected chi connectivity index (χ0v) is 14.4. The predicted octanol–water partition coefficient (Wildman–Crippen LogP) is 5.79. The average Bonchev–Trinajstić information content (AvgIpc) is 2.97. The summed E-state index contributed by atoms with van der Waals surface area (Å²) in [6.07, 6.45) is 0. The second-order valence-electron chi connectivity index (χ2n) is 3.48. The highest BCUT2D eigenvalue weighted by Gasteiger charge is 2.07. The van der Waals surface area contributed by atoms with Crippen LogP contribution in [-0.2, 0) is 0 Å². The largest absolute Gasteiger partial charge is 0.493 e. The summed E-state index contributed by atoms with van der Waals surface area (Å²) in [7, 11) is 3.30. The Morgan fingerprint density at radius 3 is 1.85 bits per heavy atom. The van der Waals surface area contributed by atoms with E-state index in [1.54, 1.807) is 25.6 Å². The van der Waals surface area contributed by atoms with E-state index in [-0.39, 0.29) is 0 Å². The van der Waals surface area contributed by atoms with Crippen molar-refractivity contribution in [1.82, 2.24) is 0 Å². The van der Waals surface area contributed by atoms with Gasteiger partial charge >= 0.3 is 0 Å². The number of ether oxygens (including phenoxy) is 2. The molecule has 0 atom stereocenters. The van der Waals surface area contributed by atoms with E-state index >= 15 is 0 Å². The molecular weight excluding hydrogens is 268 g/mol. The Kier molecular flexibility index (Phi) is 9.56. The summed E-state index contributed by atoms with van der Waals surface area (Å²) in [6, 6.07) is 10.2. The van der Waals surface area contributed by atoms with E-state index in [1.807, 2.05) is 45.9 Å². The van der Waals surface area contributed by atoms with Crippen LogP contribution in [0.3, 0.4) is 0 Å². The van der Waals surface area contributed by atoms with Gasteiger partial charge in [0, 0.05) is 9.75 Å². The average molecular weight is 294 g/mol. The molecule has 2 nitrogen and oxygen atoms in total. The summed E-state index contributed by atoms with van der Waals surface area (Å²) in [4.78, 5) is 2.56. The van der Waals surface area contributed by atoms with Gasteiger partial charge in [-0.25, -0.2) is 0 Å². The minimum atomic E-state index is 0.763. The van der Waals surface area contributed by atoms with Crippen LogP contribution < -0.4 is 9.47 Å². The van der Waals surface area contributed by atoms with E-state index in [9.17, 15) is 0 Å². The third-order valence-electron chi connectivity index (χ3n) is 2.41. The SMILES string of the molecule is CC.CC.COc1ccc(-c2ccc(C)s2)cc1OC. The molecule has 0 aliphatic carbocycles. The highest BCUT2D eigenvalue weighted by atomic mass is 32.1. The molecule has 1 heterocycles. The van der Waals surface area contributed by atoms with Crippen LogP contribution in [0.5, 0.6) is 11.5 Å². The van der Waals surface area contributed by atoms with E-state index < -0.39 is 0 Å². The monoisotopic (exact) mass is 294 g/mol. The number of thiophene rings is 1. The van der Waals surface area contributed by atoms with Crippen molar-refractivity contribution < 1.29 is 9.47 Å². The molecule has 0 radical (unpaired) electrons. The van der Waals surface area contributed by atoms with Crippen LogP contribution in [0.15, 0.2) is 30.3 Å². The second kappa shape index (κ2) is 10.3. The molecule has 112 valence electrons. The Balaban J connectivity index is 0.000000829. The van der Waals surface area contributed by atoms with Gasteiger partial charge in [0.1, 0.15) is 0 Å². The highest BCUT2D eigenvalue weighted by molar-refractivity contribution is 7.15. The van der Waals surface area contributed by atoms with Crippen LogP contribution in [-0.4, -0.2) is 14.2 Å². The smallest absolute Gasteiger partial charge is 0.161 e.